The topological polar surface area (TPSA) is 73.4 Å². The van der Waals surface area contributed by atoms with Gasteiger partial charge in [0.2, 0.25) is 0 Å². The lowest BCUT2D eigenvalue weighted by Gasteiger charge is -2.31. The third-order valence-electron chi connectivity index (χ3n) is 6.60. The highest BCUT2D eigenvalue weighted by Crippen LogP contribution is 2.32. The fourth-order valence-electron chi connectivity index (χ4n) is 4.45. The smallest absolute Gasteiger partial charge is 0.255 e. The van der Waals surface area contributed by atoms with Gasteiger partial charge in [0.15, 0.2) is 0 Å². The summed E-state index contributed by atoms with van der Waals surface area (Å²) in [6.45, 7) is 8.32. The molecule has 0 bridgehead atoms. The molecule has 4 heterocycles. The van der Waals surface area contributed by atoms with Gasteiger partial charge in [0.25, 0.3) is 5.91 Å². The van der Waals surface area contributed by atoms with Crippen molar-refractivity contribution in [3.05, 3.63) is 67.1 Å². The third kappa shape index (κ3) is 4.46. The second-order valence-corrected chi connectivity index (χ2v) is 8.81. The fourth-order valence-corrected chi connectivity index (χ4v) is 4.45. The highest BCUT2D eigenvalue weighted by Gasteiger charge is 2.18. The summed E-state index contributed by atoms with van der Waals surface area (Å²) in [6.07, 6.45) is 9.12. The second-order valence-electron chi connectivity index (χ2n) is 8.81. The van der Waals surface area contributed by atoms with Gasteiger partial charge >= 0.3 is 0 Å². The number of nitrogens with one attached hydrogen (secondary N) is 2. The molecule has 1 aromatic carbocycles. The standard InChI is InChI=1S/C27H30N6O/c1-19(27(34)31-22-7-9-26(30-17-22)33-12-5-13-33)24-15-20(6-8-25(24)28-2)21-14-23(18-29-16-21)32-10-3-4-11-32/h6-9,14-18,28H,1,3-5,10-13H2,2H3,(H,31,34). The number of rotatable bonds is 7. The number of amides is 1. The van der Waals surface area contributed by atoms with Gasteiger partial charge in [-0.1, -0.05) is 12.6 Å². The zero-order valence-electron chi connectivity index (χ0n) is 19.6. The molecule has 5 rings (SSSR count). The van der Waals surface area contributed by atoms with Gasteiger partial charge < -0.3 is 20.4 Å². The number of carbonyl (C=O) groups excluding carboxylic acids is 1. The van der Waals surface area contributed by atoms with Crippen molar-refractivity contribution in [3.8, 4) is 11.1 Å². The summed E-state index contributed by atoms with van der Waals surface area (Å²) in [4.78, 5) is 26.6. The van der Waals surface area contributed by atoms with E-state index < -0.39 is 0 Å². The highest BCUT2D eigenvalue weighted by molar-refractivity contribution is 6.25. The largest absolute Gasteiger partial charge is 0.388 e. The molecule has 7 heteroatoms. The Morgan fingerprint density at radius 3 is 2.38 bits per heavy atom. The maximum atomic E-state index is 13.0. The molecule has 34 heavy (non-hydrogen) atoms. The summed E-state index contributed by atoms with van der Waals surface area (Å²) >= 11 is 0. The summed E-state index contributed by atoms with van der Waals surface area (Å²) in [7, 11) is 1.84. The minimum atomic E-state index is -0.254. The SMILES string of the molecule is C=C(C(=O)Nc1ccc(N2CCC2)nc1)c1cc(-c2cncc(N3CCCC3)c2)ccc1NC. The minimum absolute atomic E-state index is 0.254. The van der Waals surface area contributed by atoms with Crippen molar-refractivity contribution >= 4 is 34.4 Å². The Hall–Kier alpha value is -3.87. The fraction of sp³-hybridized carbons (Fsp3) is 0.296. The van der Waals surface area contributed by atoms with Crippen molar-refractivity contribution in [2.45, 2.75) is 19.3 Å². The first kappa shape index (κ1) is 21.9. The summed E-state index contributed by atoms with van der Waals surface area (Å²) in [5, 5.41) is 6.11. The van der Waals surface area contributed by atoms with Gasteiger partial charge in [-0.25, -0.2) is 4.98 Å². The van der Waals surface area contributed by atoms with E-state index in [2.05, 4.69) is 43.0 Å². The average molecular weight is 455 g/mol. The van der Waals surface area contributed by atoms with Crippen molar-refractivity contribution < 1.29 is 4.79 Å². The van der Waals surface area contributed by atoms with Gasteiger partial charge in [-0.3, -0.25) is 9.78 Å². The third-order valence-corrected chi connectivity index (χ3v) is 6.60. The molecule has 2 aliphatic heterocycles. The lowest BCUT2D eigenvalue weighted by molar-refractivity contribution is -0.111. The first-order valence-electron chi connectivity index (χ1n) is 11.9. The highest BCUT2D eigenvalue weighted by atomic mass is 16.1. The molecule has 3 aromatic rings. The number of pyridine rings is 2. The molecule has 0 radical (unpaired) electrons. The van der Waals surface area contributed by atoms with Crippen LogP contribution in [0.4, 0.5) is 22.9 Å². The molecule has 7 nitrogen and oxygen atoms in total. The molecule has 2 N–H and O–H groups in total. The predicted molar refractivity (Wildman–Crippen MR) is 139 cm³/mol. The van der Waals surface area contributed by atoms with E-state index in [1.54, 1.807) is 6.20 Å². The van der Waals surface area contributed by atoms with Crippen LogP contribution in [0, 0.1) is 0 Å². The molecule has 2 aromatic heterocycles. The zero-order chi connectivity index (χ0) is 23.5. The van der Waals surface area contributed by atoms with Gasteiger partial charge in [-0.05, 0) is 55.2 Å². The maximum absolute atomic E-state index is 13.0. The lowest BCUT2D eigenvalue weighted by atomic mass is 9.98. The van der Waals surface area contributed by atoms with E-state index in [1.807, 2.05) is 49.8 Å². The number of carbonyl (C=O) groups is 1. The molecular formula is C27H30N6O. The van der Waals surface area contributed by atoms with Crippen molar-refractivity contribution in [1.29, 1.82) is 0 Å². The van der Waals surface area contributed by atoms with Crippen LogP contribution >= 0.6 is 0 Å². The Bertz CT molecular complexity index is 1200. The number of aromatic nitrogens is 2. The Morgan fingerprint density at radius 2 is 1.71 bits per heavy atom. The predicted octanol–water partition coefficient (Wildman–Crippen LogP) is 4.65. The molecule has 0 atom stereocenters. The quantitative estimate of drug-likeness (QED) is 0.507. The Kier molecular flexibility index (Phi) is 6.16. The van der Waals surface area contributed by atoms with E-state index in [-0.39, 0.29) is 5.91 Å². The van der Waals surface area contributed by atoms with E-state index in [4.69, 9.17) is 0 Å². The molecule has 1 amide bonds. The van der Waals surface area contributed by atoms with Crippen molar-refractivity contribution in [2.75, 3.05) is 53.7 Å². The van der Waals surface area contributed by atoms with Crippen LogP contribution in [0.5, 0.6) is 0 Å². The lowest BCUT2D eigenvalue weighted by Crippen LogP contribution is -2.37. The number of anilines is 4. The molecular weight excluding hydrogens is 424 g/mol. The van der Waals surface area contributed by atoms with Gasteiger partial charge in [-0.15, -0.1) is 0 Å². The van der Waals surface area contributed by atoms with Crippen LogP contribution in [0.15, 0.2) is 61.6 Å². The van der Waals surface area contributed by atoms with Crippen LogP contribution in [0.25, 0.3) is 16.7 Å². The Morgan fingerprint density at radius 1 is 0.912 bits per heavy atom. The van der Waals surface area contributed by atoms with Crippen molar-refractivity contribution in [3.63, 3.8) is 0 Å². The molecule has 2 saturated heterocycles. The van der Waals surface area contributed by atoms with Crippen molar-refractivity contribution in [1.82, 2.24) is 9.97 Å². The van der Waals surface area contributed by atoms with Gasteiger partial charge in [-0.2, -0.15) is 0 Å². The maximum Gasteiger partial charge on any atom is 0.255 e. The first-order valence-corrected chi connectivity index (χ1v) is 11.9. The summed E-state index contributed by atoms with van der Waals surface area (Å²) in [6, 6.07) is 12.0. The summed E-state index contributed by atoms with van der Waals surface area (Å²) in [5.41, 5.74) is 5.80. The van der Waals surface area contributed by atoms with Crippen LogP contribution in [0.2, 0.25) is 0 Å². The van der Waals surface area contributed by atoms with E-state index in [0.717, 1.165) is 60.1 Å². The molecule has 0 saturated carbocycles. The zero-order valence-corrected chi connectivity index (χ0v) is 19.6. The van der Waals surface area contributed by atoms with Crippen LogP contribution < -0.4 is 20.4 Å². The molecule has 174 valence electrons. The van der Waals surface area contributed by atoms with E-state index in [1.165, 1.54) is 19.3 Å². The molecule has 2 aliphatic rings. The number of benzene rings is 1. The van der Waals surface area contributed by atoms with E-state index in [9.17, 15) is 4.79 Å². The second kappa shape index (κ2) is 9.55. The Labute approximate surface area is 200 Å². The average Bonchev–Trinajstić information content (AvgIpc) is 3.38. The van der Waals surface area contributed by atoms with Gasteiger partial charge in [0, 0.05) is 61.8 Å². The van der Waals surface area contributed by atoms with Crippen LogP contribution in [0.1, 0.15) is 24.8 Å². The summed E-state index contributed by atoms with van der Waals surface area (Å²) in [5.74, 6) is 0.689. The van der Waals surface area contributed by atoms with Crippen LogP contribution in [-0.4, -0.2) is 49.1 Å². The van der Waals surface area contributed by atoms with Gasteiger partial charge in [0.1, 0.15) is 5.82 Å². The van der Waals surface area contributed by atoms with Crippen LogP contribution in [-0.2, 0) is 4.79 Å². The normalized spacial score (nSPS) is 15.1. The van der Waals surface area contributed by atoms with Gasteiger partial charge in [0.05, 0.1) is 23.8 Å². The number of hydrogen-bond acceptors (Lipinski definition) is 6. The molecule has 2 fully saturated rings. The van der Waals surface area contributed by atoms with E-state index in [0.29, 0.717) is 11.3 Å². The van der Waals surface area contributed by atoms with E-state index >= 15 is 0 Å². The molecule has 0 unspecified atom stereocenters. The molecule has 0 spiro atoms. The molecule has 0 aliphatic carbocycles. The van der Waals surface area contributed by atoms with Crippen molar-refractivity contribution in [2.24, 2.45) is 0 Å². The number of nitrogens with zero attached hydrogens (tertiary/aromatic N) is 4. The summed E-state index contributed by atoms with van der Waals surface area (Å²) < 4.78 is 0. The first-order chi connectivity index (χ1) is 16.6. The van der Waals surface area contributed by atoms with Crippen LogP contribution in [0.3, 0.4) is 0 Å². The monoisotopic (exact) mass is 454 g/mol. The Balaban J connectivity index is 1.36. The number of hydrogen-bond donors (Lipinski definition) is 2. The minimum Gasteiger partial charge on any atom is -0.388 e.